The second-order valence-electron chi connectivity index (χ2n) is 4.09. The number of carboxylic acid groups (broad SMARTS) is 1. The van der Waals surface area contributed by atoms with Crippen molar-refractivity contribution >= 4 is 22.8 Å². The lowest BCUT2D eigenvalue weighted by Gasteiger charge is -2.05. The highest BCUT2D eigenvalue weighted by molar-refractivity contribution is 5.97. The van der Waals surface area contributed by atoms with Crippen LogP contribution in [0.2, 0.25) is 0 Å². The SMILES string of the molecule is NC(=O)c1ccc2[nH]cc(C[C@H](N)C(=O)O)c2c1. The number of carbonyl (C=O) groups excluding carboxylic acids is 1. The Labute approximate surface area is 103 Å². The number of fused-ring (bicyclic) bond motifs is 1. The molecule has 0 fully saturated rings. The second-order valence-corrected chi connectivity index (χ2v) is 4.09. The van der Waals surface area contributed by atoms with Crippen LogP contribution >= 0.6 is 0 Å². The van der Waals surface area contributed by atoms with Crippen LogP contribution in [0.25, 0.3) is 10.9 Å². The third kappa shape index (κ3) is 2.18. The lowest BCUT2D eigenvalue weighted by Crippen LogP contribution is -2.32. The van der Waals surface area contributed by atoms with E-state index in [-0.39, 0.29) is 6.42 Å². The lowest BCUT2D eigenvalue weighted by atomic mass is 10.0. The van der Waals surface area contributed by atoms with E-state index in [1.165, 1.54) is 0 Å². The van der Waals surface area contributed by atoms with E-state index in [1.807, 2.05) is 0 Å². The highest BCUT2D eigenvalue weighted by Crippen LogP contribution is 2.20. The molecule has 0 bridgehead atoms. The van der Waals surface area contributed by atoms with Crippen molar-refractivity contribution < 1.29 is 14.7 Å². The first-order valence-corrected chi connectivity index (χ1v) is 5.37. The number of aromatic nitrogens is 1. The molecule has 94 valence electrons. The molecule has 0 radical (unpaired) electrons. The maximum atomic E-state index is 11.1. The summed E-state index contributed by atoms with van der Waals surface area (Å²) in [6.07, 6.45) is 1.88. The normalized spacial score (nSPS) is 12.5. The smallest absolute Gasteiger partial charge is 0.320 e. The number of hydrogen-bond donors (Lipinski definition) is 4. The molecule has 2 rings (SSSR count). The van der Waals surface area contributed by atoms with Crippen LogP contribution in [-0.4, -0.2) is 28.0 Å². The number of carboxylic acids is 1. The fourth-order valence-electron chi connectivity index (χ4n) is 1.82. The van der Waals surface area contributed by atoms with Crippen LogP contribution in [0.1, 0.15) is 15.9 Å². The molecule has 0 saturated heterocycles. The molecular weight excluding hydrogens is 234 g/mol. The zero-order valence-corrected chi connectivity index (χ0v) is 9.51. The molecule has 0 aliphatic heterocycles. The summed E-state index contributed by atoms with van der Waals surface area (Å²) < 4.78 is 0. The number of hydrogen-bond acceptors (Lipinski definition) is 3. The molecule has 0 unspecified atom stereocenters. The third-order valence-electron chi connectivity index (χ3n) is 2.81. The van der Waals surface area contributed by atoms with Crippen molar-refractivity contribution in [3.63, 3.8) is 0 Å². The molecule has 6 N–H and O–H groups in total. The van der Waals surface area contributed by atoms with Crippen LogP contribution < -0.4 is 11.5 Å². The summed E-state index contributed by atoms with van der Waals surface area (Å²) in [6, 6.07) is 4.01. The summed E-state index contributed by atoms with van der Waals surface area (Å²) >= 11 is 0. The number of rotatable bonds is 4. The van der Waals surface area contributed by atoms with E-state index in [1.54, 1.807) is 24.4 Å². The van der Waals surface area contributed by atoms with Gasteiger partial charge in [0, 0.05) is 29.1 Å². The summed E-state index contributed by atoms with van der Waals surface area (Å²) in [4.78, 5) is 24.8. The average molecular weight is 247 g/mol. The third-order valence-corrected chi connectivity index (χ3v) is 2.81. The summed E-state index contributed by atoms with van der Waals surface area (Å²) in [5.41, 5.74) is 12.6. The minimum absolute atomic E-state index is 0.192. The van der Waals surface area contributed by atoms with Gasteiger partial charge in [0.2, 0.25) is 5.91 Å². The van der Waals surface area contributed by atoms with Gasteiger partial charge in [-0.2, -0.15) is 0 Å². The van der Waals surface area contributed by atoms with E-state index in [2.05, 4.69) is 4.98 Å². The van der Waals surface area contributed by atoms with Crippen LogP contribution in [0.15, 0.2) is 24.4 Å². The standard InChI is InChI=1S/C12H13N3O3/c13-9(12(17)18)4-7-5-15-10-2-1-6(11(14)16)3-8(7)10/h1-3,5,9,15H,4,13H2,(H2,14,16)(H,17,18)/t9-/m0/s1. The Hall–Kier alpha value is -2.34. The molecule has 0 aliphatic carbocycles. The number of carbonyl (C=O) groups is 2. The monoisotopic (exact) mass is 247 g/mol. The first kappa shape index (κ1) is 12.1. The largest absolute Gasteiger partial charge is 0.480 e. The molecule has 6 nitrogen and oxygen atoms in total. The number of benzene rings is 1. The van der Waals surface area contributed by atoms with Gasteiger partial charge >= 0.3 is 5.97 Å². The molecule has 2 aromatic rings. The molecule has 1 amide bonds. The van der Waals surface area contributed by atoms with Gasteiger partial charge in [0.05, 0.1) is 0 Å². The fraction of sp³-hybridized carbons (Fsp3) is 0.167. The van der Waals surface area contributed by atoms with Gasteiger partial charge in [0.15, 0.2) is 0 Å². The number of nitrogens with one attached hydrogen (secondary N) is 1. The van der Waals surface area contributed by atoms with Crippen molar-refractivity contribution in [2.24, 2.45) is 11.5 Å². The van der Waals surface area contributed by atoms with Crippen LogP contribution in [0.5, 0.6) is 0 Å². The molecule has 1 heterocycles. The van der Waals surface area contributed by atoms with Crippen molar-refractivity contribution in [2.45, 2.75) is 12.5 Å². The first-order valence-electron chi connectivity index (χ1n) is 5.37. The number of primary amides is 1. The van der Waals surface area contributed by atoms with E-state index >= 15 is 0 Å². The summed E-state index contributed by atoms with van der Waals surface area (Å²) in [5.74, 6) is -1.58. The summed E-state index contributed by atoms with van der Waals surface area (Å²) in [5, 5.41) is 9.55. The van der Waals surface area contributed by atoms with Gasteiger partial charge < -0.3 is 21.6 Å². The lowest BCUT2D eigenvalue weighted by molar-refractivity contribution is -0.138. The van der Waals surface area contributed by atoms with Crippen molar-refractivity contribution in [1.29, 1.82) is 0 Å². The highest BCUT2D eigenvalue weighted by atomic mass is 16.4. The Balaban J connectivity index is 2.42. The Bertz CT molecular complexity index is 618. The summed E-state index contributed by atoms with van der Waals surface area (Å²) in [6.45, 7) is 0. The average Bonchev–Trinajstić information content (AvgIpc) is 2.71. The van der Waals surface area contributed by atoms with E-state index < -0.39 is 17.9 Å². The number of amides is 1. The molecule has 18 heavy (non-hydrogen) atoms. The van der Waals surface area contributed by atoms with Gasteiger partial charge in [-0.25, -0.2) is 0 Å². The molecule has 1 atom stereocenters. The molecule has 1 aromatic heterocycles. The Morgan fingerprint density at radius 1 is 1.39 bits per heavy atom. The number of aromatic amines is 1. The molecule has 1 aromatic carbocycles. The van der Waals surface area contributed by atoms with E-state index in [0.29, 0.717) is 5.56 Å². The van der Waals surface area contributed by atoms with Gasteiger partial charge in [-0.3, -0.25) is 9.59 Å². The summed E-state index contributed by atoms with van der Waals surface area (Å²) in [7, 11) is 0. The number of nitrogens with two attached hydrogens (primary N) is 2. The van der Waals surface area contributed by atoms with Crippen molar-refractivity contribution in [3.05, 3.63) is 35.5 Å². The van der Waals surface area contributed by atoms with E-state index in [9.17, 15) is 9.59 Å². The zero-order chi connectivity index (χ0) is 13.3. The zero-order valence-electron chi connectivity index (χ0n) is 9.51. The van der Waals surface area contributed by atoms with Gasteiger partial charge in [0.1, 0.15) is 6.04 Å². The van der Waals surface area contributed by atoms with Crippen LogP contribution in [0, 0.1) is 0 Å². The fourth-order valence-corrected chi connectivity index (χ4v) is 1.82. The minimum Gasteiger partial charge on any atom is -0.480 e. The van der Waals surface area contributed by atoms with Gasteiger partial charge in [-0.05, 0) is 23.8 Å². The van der Waals surface area contributed by atoms with Gasteiger partial charge in [-0.15, -0.1) is 0 Å². The number of aliphatic carboxylic acids is 1. The van der Waals surface area contributed by atoms with Gasteiger partial charge in [0.25, 0.3) is 0 Å². The van der Waals surface area contributed by atoms with Crippen LogP contribution in [0.3, 0.4) is 0 Å². The Morgan fingerprint density at radius 2 is 2.11 bits per heavy atom. The topological polar surface area (TPSA) is 122 Å². The Morgan fingerprint density at radius 3 is 2.72 bits per heavy atom. The van der Waals surface area contributed by atoms with E-state index in [4.69, 9.17) is 16.6 Å². The first-order chi connectivity index (χ1) is 8.49. The van der Waals surface area contributed by atoms with E-state index in [0.717, 1.165) is 16.5 Å². The molecule has 0 saturated carbocycles. The van der Waals surface area contributed by atoms with Crippen molar-refractivity contribution in [2.75, 3.05) is 0 Å². The maximum absolute atomic E-state index is 11.1. The minimum atomic E-state index is -1.06. The second kappa shape index (κ2) is 4.50. The Kier molecular flexibility index (Phi) is 3.03. The predicted molar refractivity (Wildman–Crippen MR) is 66.1 cm³/mol. The predicted octanol–water partition coefficient (Wildman–Crippen LogP) is 0.221. The van der Waals surface area contributed by atoms with Crippen LogP contribution in [0.4, 0.5) is 0 Å². The molecule has 0 spiro atoms. The quantitative estimate of drug-likeness (QED) is 0.617. The molecule has 0 aliphatic rings. The van der Waals surface area contributed by atoms with Crippen molar-refractivity contribution in [1.82, 2.24) is 4.98 Å². The van der Waals surface area contributed by atoms with Crippen LogP contribution in [-0.2, 0) is 11.2 Å². The van der Waals surface area contributed by atoms with Crippen molar-refractivity contribution in [3.8, 4) is 0 Å². The van der Waals surface area contributed by atoms with Gasteiger partial charge in [-0.1, -0.05) is 0 Å². The number of H-pyrrole nitrogens is 1. The molecule has 6 heteroatoms. The maximum Gasteiger partial charge on any atom is 0.320 e. The highest BCUT2D eigenvalue weighted by Gasteiger charge is 2.15. The molecular formula is C12H13N3O3.